The van der Waals surface area contributed by atoms with E-state index in [4.69, 9.17) is 0 Å². The third kappa shape index (κ3) is 5.70. The maximum Gasteiger partial charge on any atom is 0.435 e. The maximum absolute atomic E-state index is 12.3. The summed E-state index contributed by atoms with van der Waals surface area (Å²) in [4.78, 5) is 23.8. The summed E-state index contributed by atoms with van der Waals surface area (Å²) in [6, 6.07) is 9.58. The van der Waals surface area contributed by atoms with Gasteiger partial charge in [-0.3, -0.25) is 4.79 Å². The van der Waals surface area contributed by atoms with Crippen LogP contribution in [0.2, 0.25) is 0 Å². The first-order chi connectivity index (χ1) is 12.0. The Morgan fingerprint density at radius 3 is 2.60 bits per heavy atom. The molecule has 1 heterocycles. The van der Waals surface area contributed by atoms with E-state index in [1.54, 1.807) is 0 Å². The molecule has 0 aliphatic heterocycles. The normalized spacial score (nSPS) is 12.0. The highest BCUT2D eigenvalue weighted by molar-refractivity contribution is 5.76. The standard InChI is InChI=1S/C18H24N4O3/c1-13(2)11-15(16-12-22(21-20-16)18(24)25-3)19-17(23)10-9-14-7-5-4-6-8-14/h4-8,12-13,15H,9-11H2,1-3H3,(H,19,23). The zero-order chi connectivity index (χ0) is 18.2. The lowest BCUT2D eigenvalue weighted by molar-refractivity contribution is -0.121. The van der Waals surface area contributed by atoms with Crippen LogP contribution >= 0.6 is 0 Å². The Kier molecular flexibility index (Phi) is 6.68. The van der Waals surface area contributed by atoms with Crippen LogP contribution in [0.15, 0.2) is 36.5 Å². The number of nitrogens with zero attached hydrogens (tertiary/aromatic N) is 3. The zero-order valence-electron chi connectivity index (χ0n) is 14.8. The Hall–Kier alpha value is -2.70. The minimum atomic E-state index is -0.613. The highest BCUT2D eigenvalue weighted by Gasteiger charge is 2.21. The molecule has 7 heteroatoms. The molecule has 0 saturated heterocycles. The molecule has 0 spiro atoms. The van der Waals surface area contributed by atoms with Gasteiger partial charge in [-0.05, 0) is 24.3 Å². The molecule has 2 rings (SSSR count). The molecule has 1 atom stereocenters. The Morgan fingerprint density at radius 2 is 1.96 bits per heavy atom. The number of carbonyl (C=O) groups is 2. The highest BCUT2D eigenvalue weighted by atomic mass is 16.5. The van der Waals surface area contributed by atoms with Crippen LogP contribution in [0.5, 0.6) is 0 Å². The molecule has 0 bridgehead atoms. The quantitative estimate of drug-likeness (QED) is 0.834. The molecule has 0 aliphatic rings. The zero-order valence-corrected chi connectivity index (χ0v) is 14.8. The Morgan fingerprint density at radius 1 is 1.24 bits per heavy atom. The van der Waals surface area contributed by atoms with Gasteiger partial charge in [0.25, 0.3) is 0 Å². The summed E-state index contributed by atoms with van der Waals surface area (Å²) < 4.78 is 5.64. The van der Waals surface area contributed by atoms with E-state index in [2.05, 4.69) is 34.2 Å². The lowest BCUT2D eigenvalue weighted by Gasteiger charge is -2.18. The fraction of sp³-hybridized carbons (Fsp3) is 0.444. The number of hydrogen-bond donors (Lipinski definition) is 1. The molecule has 0 fully saturated rings. The first kappa shape index (κ1) is 18.6. The van der Waals surface area contributed by atoms with Gasteiger partial charge >= 0.3 is 6.09 Å². The molecule has 1 aromatic heterocycles. The van der Waals surface area contributed by atoms with Gasteiger partial charge in [0.05, 0.1) is 19.3 Å². The molecule has 0 saturated carbocycles. The molecular formula is C18H24N4O3. The van der Waals surface area contributed by atoms with Gasteiger partial charge in [-0.15, -0.1) is 5.10 Å². The summed E-state index contributed by atoms with van der Waals surface area (Å²) in [6.45, 7) is 4.13. The summed E-state index contributed by atoms with van der Waals surface area (Å²) in [5.74, 6) is 0.296. The average molecular weight is 344 g/mol. The molecule has 25 heavy (non-hydrogen) atoms. The Bertz CT molecular complexity index is 697. The van der Waals surface area contributed by atoms with Crippen LogP contribution in [-0.4, -0.2) is 34.1 Å². The second kappa shape index (κ2) is 8.96. The van der Waals surface area contributed by atoms with Crippen molar-refractivity contribution >= 4 is 12.0 Å². The molecule has 1 amide bonds. The fourth-order valence-electron chi connectivity index (χ4n) is 2.51. The van der Waals surface area contributed by atoms with Crippen molar-refractivity contribution in [3.8, 4) is 0 Å². The summed E-state index contributed by atoms with van der Waals surface area (Å²) in [5.41, 5.74) is 1.67. The topological polar surface area (TPSA) is 86.1 Å². The number of rotatable bonds is 7. The number of benzene rings is 1. The number of aromatic nitrogens is 3. The highest BCUT2D eigenvalue weighted by Crippen LogP contribution is 2.19. The molecule has 0 radical (unpaired) electrons. The van der Waals surface area contributed by atoms with Crippen molar-refractivity contribution < 1.29 is 14.3 Å². The first-order valence-electron chi connectivity index (χ1n) is 8.33. The Balaban J connectivity index is 2.00. The van der Waals surface area contributed by atoms with Crippen LogP contribution in [0, 0.1) is 5.92 Å². The van der Waals surface area contributed by atoms with E-state index in [0.717, 1.165) is 10.2 Å². The second-order valence-electron chi connectivity index (χ2n) is 6.29. The van der Waals surface area contributed by atoms with Gasteiger partial charge in [-0.1, -0.05) is 49.4 Å². The molecule has 1 unspecified atom stereocenters. The minimum Gasteiger partial charge on any atom is -0.451 e. The molecule has 2 aromatic rings. The summed E-state index contributed by atoms with van der Waals surface area (Å²) in [7, 11) is 1.28. The predicted molar refractivity (Wildman–Crippen MR) is 92.9 cm³/mol. The van der Waals surface area contributed by atoms with Gasteiger partial charge < -0.3 is 10.1 Å². The van der Waals surface area contributed by atoms with E-state index in [1.165, 1.54) is 13.3 Å². The van der Waals surface area contributed by atoms with E-state index in [9.17, 15) is 9.59 Å². The van der Waals surface area contributed by atoms with Gasteiger partial charge in [-0.25, -0.2) is 4.79 Å². The number of amides is 1. The van der Waals surface area contributed by atoms with Crippen LogP contribution in [-0.2, 0) is 16.0 Å². The number of ether oxygens (including phenoxy) is 1. The third-order valence-corrected chi connectivity index (χ3v) is 3.76. The number of carbonyl (C=O) groups excluding carboxylic acids is 2. The second-order valence-corrected chi connectivity index (χ2v) is 6.29. The number of hydrogen-bond acceptors (Lipinski definition) is 5. The minimum absolute atomic E-state index is 0.0536. The molecule has 0 aliphatic carbocycles. The molecule has 1 aromatic carbocycles. The van der Waals surface area contributed by atoms with Crippen molar-refractivity contribution in [3.05, 3.63) is 47.8 Å². The number of methoxy groups -OCH3 is 1. The van der Waals surface area contributed by atoms with E-state index >= 15 is 0 Å². The van der Waals surface area contributed by atoms with Gasteiger partial charge in [0.1, 0.15) is 5.69 Å². The van der Waals surface area contributed by atoms with Crippen LogP contribution in [0.3, 0.4) is 0 Å². The summed E-state index contributed by atoms with van der Waals surface area (Å²) in [5, 5.41) is 10.8. The van der Waals surface area contributed by atoms with Crippen molar-refractivity contribution in [1.29, 1.82) is 0 Å². The maximum atomic E-state index is 12.3. The van der Waals surface area contributed by atoms with Gasteiger partial charge in [0.15, 0.2) is 0 Å². The van der Waals surface area contributed by atoms with Crippen molar-refractivity contribution in [2.24, 2.45) is 5.92 Å². The van der Waals surface area contributed by atoms with Crippen molar-refractivity contribution in [1.82, 2.24) is 20.3 Å². The van der Waals surface area contributed by atoms with E-state index in [0.29, 0.717) is 30.9 Å². The lowest BCUT2D eigenvalue weighted by atomic mass is 10.0. The van der Waals surface area contributed by atoms with Crippen LogP contribution in [0.25, 0.3) is 0 Å². The number of aryl methyl sites for hydroxylation is 1. The number of nitrogens with one attached hydrogen (secondary N) is 1. The first-order valence-corrected chi connectivity index (χ1v) is 8.33. The van der Waals surface area contributed by atoms with E-state index in [1.807, 2.05) is 30.3 Å². The van der Waals surface area contributed by atoms with Crippen molar-refractivity contribution in [2.75, 3.05) is 7.11 Å². The van der Waals surface area contributed by atoms with Crippen LogP contribution in [0.4, 0.5) is 4.79 Å². The lowest BCUT2D eigenvalue weighted by Crippen LogP contribution is -2.30. The predicted octanol–water partition coefficient (Wildman–Crippen LogP) is 2.73. The van der Waals surface area contributed by atoms with Crippen molar-refractivity contribution in [3.63, 3.8) is 0 Å². The average Bonchev–Trinajstić information content (AvgIpc) is 3.09. The van der Waals surface area contributed by atoms with Gasteiger partial charge in [-0.2, -0.15) is 4.68 Å². The smallest absolute Gasteiger partial charge is 0.435 e. The van der Waals surface area contributed by atoms with Crippen LogP contribution < -0.4 is 5.32 Å². The Labute approximate surface area is 147 Å². The monoisotopic (exact) mass is 344 g/mol. The summed E-state index contributed by atoms with van der Waals surface area (Å²) >= 11 is 0. The molecule has 1 N–H and O–H groups in total. The fourth-order valence-corrected chi connectivity index (χ4v) is 2.51. The summed E-state index contributed by atoms with van der Waals surface area (Å²) in [6.07, 6.45) is 2.66. The molecule has 134 valence electrons. The largest absolute Gasteiger partial charge is 0.451 e. The SMILES string of the molecule is COC(=O)n1cc(C(CC(C)C)NC(=O)CCc2ccccc2)nn1. The molecule has 7 nitrogen and oxygen atoms in total. The van der Waals surface area contributed by atoms with Crippen LogP contribution in [0.1, 0.15) is 44.0 Å². The van der Waals surface area contributed by atoms with Gasteiger partial charge in [0.2, 0.25) is 5.91 Å². The van der Waals surface area contributed by atoms with Crippen molar-refractivity contribution in [2.45, 2.75) is 39.2 Å². The van der Waals surface area contributed by atoms with E-state index in [-0.39, 0.29) is 11.9 Å². The van der Waals surface area contributed by atoms with Gasteiger partial charge in [0, 0.05) is 6.42 Å². The molecular weight excluding hydrogens is 320 g/mol. The third-order valence-electron chi connectivity index (χ3n) is 3.76. The van der Waals surface area contributed by atoms with E-state index < -0.39 is 6.09 Å².